The van der Waals surface area contributed by atoms with Crippen molar-refractivity contribution in [1.29, 1.82) is 0 Å². The molecule has 22 heavy (non-hydrogen) atoms. The summed E-state index contributed by atoms with van der Waals surface area (Å²) < 4.78 is 12.3. The molecule has 124 valence electrons. The number of rotatable bonds is 6. The van der Waals surface area contributed by atoms with Crippen molar-refractivity contribution in [1.82, 2.24) is 0 Å². The quantitative estimate of drug-likeness (QED) is 0.466. The molecule has 1 aromatic carbocycles. The summed E-state index contributed by atoms with van der Waals surface area (Å²) in [5, 5.41) is 0.231. The molecule has 0 spiro atoms. The van der Waals surface area contributed by atoms with Crippen LogP contribution in [0.25, 0.3) is 5.76 Å². The van der Waals surface area contributed by atoms with Gasteiger partial charge in [-0.25, -0.2) is 0 Å². The molecule has 4 heteroatoms. The van der Waals surface area contributed by atoms with Crippen LogP contribution in [0.15, 0.2) is 30.8 Å². The smallest absolute Gasteiger partial charge is 0.242 e. The normalized spacial score (nSPS) is 13.1. The fourth-order valence-electron chi connectivity index (χ4n) is 1.74. The molecule has 0 saturated heterocycles. The van der Waals surface area contributed by atoms with E-state index >= 15 is 0 Å². The van der Waals surface area contributed by atoms with Gasteiger partial charge in [-0.15, -0.1) is 0 Å². The van der Waals surface area contributed by atoms with Crippen molar-refractivity contribution in [3.05, 3.63) is 42.0 Å². The minimum absolute atomic E-state index is 0.231. The van der Waals surface area contributed by atoms with E-state index in [0.29, 0.717) is 6.61 Å². The van der Waals surface area contributed by atoms with E-state index in [4.69, 9.17) is 8.85 Å². The van der Waals surface area contributed by atoms with Crippen LogP contribution in [0.3, 0.4) is 0 Å². The molecule has 0 heterocycles. The zero-order valence-electron chi connectivity index (χ0n) is 15.5. The lowest BCUT2D eigenvalue weighted by Crippen LogP contribution is -2.40. The molecule has 0 unspecified atom stereocenters. The van der Waals surface area contributed by atoms with Crippen LogP contribution in [-0.4, -0.2) is 16.6 Å². The lowest BCUT2D eigenvalue weighted by atomic mass is 10.1. The summed E-state index contributed by atoms with van der Waals surface area (Å²) in [6.07, 6.45) is 0. The molecule has 0 atom stereocenters. The maximum absolute atomic E-state index is 6.29. The van der Waals surface area contributed by atoms with E-state index in [1.165, 1.54) is 5.56 Å². The lowest BCUT2D eigenvalue weighted by Gasteiger charge is -2.36. The highest BCUT2D eigenvalue weighted by atomic mass is 28.4. The Kier molecular flexibility index (Phi) is 5.87. The molecular weight excluding hydrogens is 304 g/mol. The van der Waals surface area contributed by atoms with Crippen LogP contribution in [0.4, 0.5) is 0 Å². The van der Waals surface area contributed by atoms with Gasteiger partial charge in [-0.3, -0.25) is 0 Å². The highest BCUT2D eigenvalue weighted by Gasteiger charge is 2.37. The second-order valence-corrected chi connectivity index (χ2v) is 17.6. The summed E-state index contributed by atoms with van der Waals surface area (Å²) in [5.41, 5.74) is 2.24. The molecule has 0 N–H and O–H groups in total. The summed E-state index contributed by atoms with van der Waals surface area (Å²) in [5.74, 6) is 0.772. The molecule has 0 bridgehead atoms. The molecule has 0 aromatic heterocycles. The molecule has 0 radical (unpaired) electrons. The van der Waals surface area contributed by atoms with Gasteiger partial charge in [0.25, 0.3) is 0 Å². The topological polar surface area (TPSA) is 18.5 Å². The summed E-state index contributed by atoms with van der Waals surface area (Å²) in [4.78, 5) is 0. The Morgan fingerprint density at radius 3 is 2.18 bits per heavy atom. The molecule has 1 aromatic rings. The van der Waals surface area contributed by atoms with Crippen molar-refractivity contribution in [2.24, 2.45) is 0 Å². The fraction of sp³-hybridized carbons (Fsp3) is 0.556. The van der Waals surface area contributed by atoms with E-state index in [1.807, 2.05) is 0 Å². The molecule has 2 nitrogen and oxygen atoms in total. The first kappa shape index (κ1) is 19.2. The molecule has 0 amide bonds. The van der Waals surface area contributed by atoms with E-state index in [1.54, 1.807) is 0 Å². The van der Waals surface area contributed by atoms with Gasteiger partial charge in [-0.1, -0.05) is 45.5 Å². The van der Waals surface area contributed by atoms with Crippen LogP contribution >= 0.6 is 0 Å². The average Bonchev–Trinajstić information content (AvgIpc) is 2.33. The molecule has 0 saturated carbocycles. The summed E-state index contributed by atoms with van der Waals surface area (Å²) >= 11 is 0. The molecule has 0 fully saturated rings. The Bertz CT molecular complexity index is 523. The average molecular weight is 337 g/mol. The highest BCUT2D eigenvalue weighted by Crippen LogP contribution is 2.37. The van der Waals surface area contributed by atoms with Crippen molar-refractivity contribution < 1.29 is 8.85 Å². The second-order valence-electron chi connectivity index (χ2n) is 8.39. The van der Waals surface area contributed by atoms with Crippen LogP contribution in [0, 0.1) is 0 Å². The first-order valence-corrected chi connectivity index (χ1v) is 14.2. The third kappa shape index (κ3) is 5.74. The van der Waals surface area contributed by atoms with Crippen molar-refractivity contribution in [3.63, 3.8) is 0 Å². The fourth-order valence-corrected chi connectivity index (χ4v) is 3.56. The zero-order chi connectivity index (χ0) is 17.2. The van der Waals surface area contributed by atoms with Gasteiger partial charge in [0.05, 0.1) is 6.61 Å². The molecule has 0 aliphatic carbocycles. The van der Waals surface area contributed by atoms with Gasteiger partial charge in [0.1, 0.15) is 5.76 Å². The maximum atomic E-state index is 6.29. The summed E-state index contributed by atoms with van der Waals surface area (Å²) in [6.45, 7) is 22.6. The molecular formula is C18H32O2Si2. The van der Waals surface area contributed by atoms with Crippen LogP contribution in [-0.2, 0) is 15.5 Å². The summed E-state index contributed by atoms with van der Waals surface area (Å²) in [6, 6.07) is 8.35. The maximum Gasteiger partial charge on any atom is 0.242 e. The van der Waals surface area contributed by atoms with Gasteiger partial charge in [0.15, 0.2) is 8.32 Å². The van der Waals surface area contributed by atoms with Gasteiger partial charge in [0.2, 0.25) is 8.32 Å². The molecule has 0 aliphatic rings. The van der Waals surface area contributed by atoms with Gasteiger partial charge in [-0.05, 0) is 49.4 Å². The predicted molar refractivity (Wildman–Crippen MR) is 102 cm³/mol. The Morgan fingerprint density at radius 1 is 1.09 bits per heavy atom. The Hall–Kier alpha value is -0.846. The SMILES string of the molecule is C=C(O[Si](C)(C)C)c1cccc(CO[Si](C)(C)C(C)(C)C)c1. The summed E-state index contributed by atoms with van der Waals surface area (Å²) in [7, 11) is -3.33. The number of hydrogen-bond donors (Lipinski definition) is 0. The zero-order valence-corrected chi connectivity index (χ0v) is 17.5. The lowest BCUT2D eigenvalue weighted by molar-refractivity contribution is 0.276. The third-order valence-corrected chi connectivity index (χ3v) is 9.42. The van der Waals surface area contributed by atoms with Gasteiger partial charge in [0, 0.05) is 5.56 Å². The Labute approximate surface area is 138 Å². The molecule has 1 rings (SSSR count). The first-order chi connectivity index (χ1) is 9.82. The van der Waals surface area contributed by atoms with Crippen LogP contribution < -0.4 is 0 Å². The van der Waals surface area contributed by atoms with Crippen LogP contribution in [0.1, 0.15) is 31.9 Å². The van der Waals surface area contributed by atoms with Crippen LogP contribution in [0.5, 0.6) is 0 Å². The van der Waals surface area contributed by atoms with Gasteiger partial charge in [-0.2, -0.15) is 0 Å². The van der Waals surface area contributed by atoms with E-state index < -0.39 is 16.6 Å². The van der Waals surface area contributed by atoms with E-state index in [-0.39, 0.29) is 5.04 Å². The van der Waals surface area contributed by atoms with Crippen molar-refractivity contribution >= 4 is 22.4 Å². The number of benzene rings is 1. The molecule has 0 aliphatic heterocycles. The van der Waals surface area contributed by atoms with E-state index in [2.05, 4.69) is 84.4 Å². The minimum Gasteiger partial charge on any atom is -0.544 e. The standard InChI is InChI=1S/C18H32O2Si2/c1-15(20-21(5,6)7)17-12-10-11-16(13-17)14-19-22(8,9)18(2,3)4/h10-13H,1,14H2,2-9H3. The first-order valence-electron chi connectivity index (χ1n) is 7.93. The van der Waals surface area contributed by atoms with Crippen molar-refractivity contribution in [3.8, 4) is 0 Å². The van der Waals surface area contributed by atoms with Gasteiger partial charge < -0.3 is 8.85 Å². The van der Waals surface area contributed by atoms with E-state index in [0.717, 1.165) is 11.3 Å². The van der Waals surface area contributed by atoms with Crippen LogP contribution in [0.2, 0.25) is 37.8 Å². The highest BCUT2D eigenvalue weighted by molar-refractivity contribution is 6.74. The monoisotopic (exact) mass is 336 g/mol. The largest absolute Gasteiger partial charge is 0.544 e. The van der Waals surface area contributed by atoms with Crippen molar-refractivity contribution in [2.45, 2.75) is 65.2 Å². The predicted octanol–water partition coefficient (Wildman–Crippen LogP) is 6.03. The Morgan fingerprint density at radius 2 is 1.68 bits per heavy atom. The Balaban J connectivity index is 2.79. The minimum atomic E-state index is -1.72. The van der Waals surface area contributed by atoms with Gasteiger partial charge >= 0.3 is 0 Å². The van der Waals surface area contributed by atoms with Crippen molar-refractivity contribution in [2.75, 3.05) is 0 Å². The van der Waals surface area contributed by atoms with E-state index in [9.17, 15) is 0 Å². The second kappa shape index (κ2) is 6.73. The number of hydrogen-bond acceptors (Lipinski definition) is 2. The third-order valence-electron chi connectivity index (χ3n) is 4.08.